The molecule has 2 unspecified atom stereocenters. The van der Waals surface area contributed by atoms with Crippen molar-refractivity contribution in [1.29, 1.82) is 0 Å². The highest BCUT2D eigenvalue weighted by atomic mass is 35.5. The third-order valence-electron chi connectivity index (χ3n) is 3.92. The molecule has 1 aromatic carbocycles. The van der Waals surface area contributed by atoms with Crippen LogP contribution in [-0.4, -0.2) is 23.7 Å². The van der Waals surface area contributed by atoms with E-state index in [0.29, 0.717) is 11.1 Å². The number of rotatable bonds is 2. The van der Waals surface area contributed by atoms with Crippen LogP contribution in [0.3, 0.4) is 0 Å². The molecule has 1 aliphatic heterocycles. The molecule has 1 aliphatic carbocycles. The first-order valence-corrected chi connectivity index (χ1v) is 6.33. The molecule has 2 fully saturated rings. The van der Waals surface area contributed by atoms with Crippen LogP contribution in [0, 0.1) is 5.92 Å². The molecule has 3 rings (SSSR count). The fourth-order valence-electron chi connectivity index (χ4n) is 3.18. The monoisotopic (exact) mass is 251 g/mol. The Kier molecular flexibility index (Phi) is 2.51. The van der Waals surface area contributed by atoms with Gasteiger partial charge in [-0.1, -0.05) is 17.7 Å². The first-order valence-electron chi connectivity index (χ1n) is 5.95. The van der Waals surface area contributed by atoms with Crippen molar-refractivity contribution in [2.75, 3.05) is 11.4 Å². The molecule has 1 aromatic rings. The van der Waals surface area contributed by atoms with E-state index in [0.717, 1.165) is 18.2 Å². The second-order valence-corrected chi connectivity index (χ2v) is 5.33. The maximum atomic E-state index is 11.3. The summed E-state index contributed by atoms with van der Waals surface area (Å²) in [6.45, 7) is 0.977. The van der Waals surface area contributed by atoms with Gasteiger partial charge >= 0.3 is 5.97 Å². The Hall–Kier alpha value is -1.22. The van der Waals surface area contributed by atoms with Crippen LogP contribution in [0.1, 0.15) is 29.6 Å². The molecule has 0 spiro atoms. The number of carbonyl (C=O) groups is 1. The normalized spacial score (nSPS) is 26.5. The highest BCUT2D eigenvalue weighted by molar-refractivity contribution is 6.34. The topological polar surface area (TPSA) is 40.5 Å². The SMILES string of the molecule is O=C(O)c1c(Cl)cccc1N1CC2CCC1C2. The summed E-state index contributed by atoms with van der Waals surface area (Å²) in [7, 11) is 0. The van der Waals surface area contributed by atoms with E-state index in [1.807, 2.05) is 12.1 Å². The van der Waals surface area contributed by atoms with E-state index < -0.39 is 5.97 Å². The van der Waals surface area contributed by atoms with Crippen molar-refractivity contribution in [2.45, 2.75) is 25.3 Å². The van der Waals surface area contributed by atoms with E-state index in [4.69, 9.17) is 11.6 Å². The summed E-state index contributed by atoms with van der Waals surface area (Å²) in [5, 5.41) is 9.60. The Morgan fingerprint density at radius 2 is 2.24 bits per heavy atom. The highest BCUT2D eigenvalue weighted by Crippen LogP contribution is 2.42. The molecule has 1 heterocycles. The number of benzene rings is 1. The van der Waals surface area contributed by atoms with Crippen molar-refractivity contribution >= 4 is 23.3 Å². The van der Waals surface area contributed by atoms with Gasteiger partial charge < -0.3 is 10.0 Å². The van der Waals surface area contributed by atoms with E-state index in [9.17, 15) is 9.90 Å². The van der Waals surface area contributed by atoms with Gasteiger partial charge in [0, 0.05) is 12.6 Å². The third kappa shape index (κ3) is 1.69. The maximum Gasteiger partial charge on any atom is 0.339 e. The predicted octanol–water partition coefficient (Wildman–Crippen LogP) is 3.03. The summed E-state index contributed by atoms with van der Waals surface area (Å²) in [5.74, 6) is -0.200. The fourth-order valence-corrected chi connectivity index (χ4v) is 3.43. The average molecular weight is 252 g/mol. The molecule has 2 bridgehead atoms. The van der Waals surface area contributed by atoms with E-state index in [1.54, 1.807) is 6.07 Å². The number of fused-ring (bicyclic) bond motifs is 2. The van der Waals surface area contributed by atoms with E-state index in [1.165, 1.54) is 19.3 Å². The minimum atomic E-state index is -0.937. The molecular weight excluding hydrogens is 238 g/mol. The molecule has 3 nitrogen and oxygen atoms in total. The predicted molar refractivity (Wildman–Crippen MR) is 66.9 cm³/mol. The Balaban J connectivity index is 2.03. The minimum absolute atomic E-state index is 0.252. The molecule has 17 heavy (non-hydrogen) atoms. The van der Waals surface area contributed by atoms with E-state index in [-0.39, 0.29) is 5.56 Å². The molecule has 90 valence electrons. The van der Waals surface area contributed by atoms with Crippen molar-refractivity contribution in [2.24, 2.45) is 5.92 Å². The van der Waals surface area contributed by atoms with Crippen molar-refractivity contribution < 1.29 is 9.90 Å². The van der Waals surface area contributed by atoms with Gasteiger partial charge in [0.15, 0.2) is 0 Å². The number of carboxylic acids is 1. The number of anilines is 1. The van der Waals surface area contributed by atoms with Gasteiger partial charge in [0.1, 0.15) is 5.56 Å². The van der Waals surface area contributed by atoms with Crippen LogP contribution in [0.5, 0.6) is 0 Å². The molecule has 0 radical (unpaired) electrons. The second kappa shape index (κ2) is 3.91. The Morgan fingerprint density at radius 3 is 2.82 bits per heavy atom. The van der Waals surface area contributed by atoms with Crippen LogP contribution >= 0.6 is 11.6 Å². The zero-order valence-electron chi connectivity index (χ0n) is 9.40. The van der Waals surface area contributed by atoms with Crippen LogP contribution in [-0.2, 0) is 0 Å². The number of nitrogens with zero attached hydrogens (tertiary/aromatic N) is 1. The van der Waals surface area contributed by atoms with Gasteiger partial charge in [-0.15, -0.1) is 0 Å². The quantitative estimate of drug-likeness (QED) is 0.878. The van der Waals surface area contributed by atoms with Gasteiger partial charge in [0.25, 0.3) is 0 Å². The Labute approximate surface area is 105 Å². The van der Waals surface area contributed by atoms with Crippen LogP contribution in [0.2, 0.25) is 5.02 Å². The Bertz CT molecular complexity index is 474. The van der Waals surface area contributed by atoms with Crippen LogP contribution in [0.15, 0.2) is 18.2 Å². The molecule has 1 N–H and O–H groups in total. The lowest BCUT2D eigenvalue weighted by atomic mass is 10.1. The molecule has 2 atom stereocenters. The smallest absolute Gasteiger partial charge is 0.339 e. The van der Waals surface area contributed by atoms with Gasteiger partial charge in [-0.3, -0.25) is 0 Å². The summed E-state index contributed by atoms with van der Waals surface area (Å²) in [4.78, 5) is 13.5. The molecule has 4 heteroatoms. The number of aromatic carboxylic acids is 1. The highest BCUT2D eigenvalue weighted by Gasteiger charge is 2.39. The summed E-state index contributed by atoms with van der Waals surface area (Å²) >= 11 is 6.00. The molecule has 1 saturated heterocycles. The zero-order valence-corrected chi connectivity index (χ0v) is 10.2. The van der Waals surface area contributed by atoms with Gasteiger partial charge in [-0.25, -0.2) is 4.79 Å². The minimum Gasteiger partial charge on any atom is -0.478 e. The van der Waals surface area contributed by atoms with Crippen LogP contribution in [0.25, 0.3) is 0 Å². The standard InChI is InChI=1S/C13H14ClNO2/c14-10-2-1-3-11(12(10)13(16)17)15-7-8-4-5-9(15)6-8/h1-3,8-9H,4-7H2,(H,16,17). The lowest BCUT2D eigenvalue weighted by molar-refractivity contribution is 0.0697. The first kappa shape index (κ1) is 10.9. The van der Waals surface area contributed by atoms with Gasteiger partial charge in [-0.05, 0) is 37.3 Å². The molecule has 2 aliphatic rings. The zero-order chi connectivity index (χ0) is 12.0. The van der Waals surface area contributed by atoms with Crippen molar-refractivity contribution in [3.05, 3.63) is 28.8 Å². The third-order valence-corrected chi connectivity index (χ3v) is 4.24. The average Bonchev–Trinajstić information content (AvgIpc) is 2.89. The number of hydrogen-bond donors (Lipinski definition) is 1. The molecule has 0 aromatic heterocycles. The summed E-state index contributed by atoms with van der Waals surface area (Å²) in [6, 6.07) is 5.85. The molecule has 0 amide bonds. The van der Waals surface area contributed by atoms with Crippen molar-refractivity contribution in [1.82, 2.24) is 0 Å². The summed E-state index contributed by atoms with van der Waals surface area (Å²) in [6.07, 6.45) is 3.66. The summed E-state index contributed by atoms with van der Waals surface area (Å²) < 4.78 is 0. The van der Waals surface area contributed by atoms with Crippen LogP contribution in [0.4, 0.5) is 5.69 Å². The Morgan fingerprint density at radius 1 is 1.41 bits per heavy atom. The maximum absolute atomic E-state index is 11.3. The van der Waals surface area contributed by atoms with Crippen molar-refractivity contribution in [3.63, 3.8) is 0 Å². The number of hydrogen-bond acceptors (Lipinski definition) is 2. The number of carboxylic acid groups (broad SMARTS) is 1. The van der Waals surface area contributed by atoms with Crippen LogP contribution < -0.4 is 4.90 Å². The number of piperidine rings is 1. The number of halogens is 1. The van der Waals surface area contributed by atoms with Gasteiger partial charge in [0.05, 0.1) is 10.7 Å². The van der Waals surface area contributed by atoms with Gasteiger partial charge in [0.2, 0.25) is 0 Å². The molecular formula is C13H14ClNO2. The summed E-state index contributed by atoms with van der Waals surface area (Å²) in [5.41, 5.74) is 1.04. The van der Waals surface area contributed by atoms with E-state index >= 15 is 0 Å². The fraction of sp³-hybridized carbons (Fsp3) is 0.462. The largest absolute Gasteiger partial charge is 0.478 e. The lowest BCUT2D eigenvalue weighted by Crippen LogP contribution is -2.33. The van der Waals surface area contributed by atoms with Crippen molar-refractivity contribution in [3.8, 4) is 0 Å². The molecule has 1 saturated carbocycles. The lowest BCUT2D eigenvalue weighted by Gasteiger charge is -2.30. The second-order valence-electron chi connectivity index (χ2n) is 4.92. The first-order chi connectivity index (χ1) is 8.16. The van der Waals surface area contributed by atoms with E-state index in [2.05, 4.69) is 4.90 Å². The van der Waals surface area contributed by atoms with Gasteiger partial charge in [-0.2, -0.15) is 0 Å².